The summed E-state index contributed by atoms with van der Waals surface area (Å²) in [6.45, 7) is 0. The Bertz CT molecular complexity index is 515. The number of nitrogens with zero attached hydrogens (tertiary/aromatic N) is 1. The average Bonchev–Trinajstić information content (AvgIpc) is 2.63. The second-order valence-corrected chi connectivity index (χ2v) is 3.62. The molecule has 1 aliphatic rings. The fourth-order valence-corrected chi connectivity index (χ4v) is 1.63. The molecule has 1 aliphatic heterocycles. The van der Waals surface area contributed by atoms with Crippen LogP contribution in [0.2, 0.25) is 0 Å². The Morgan fingerprint density at radius 2 is 2.19 bits per heavy atom. The van der Waals surface area contributed by atoms with Crippen molar-refractivity contribution in [2.45, 2.75) is 18.6 Å². The Balaban J connectivity index is 2.34. The normalized spacial score (nSPS) is 21.8. The number of hydrogen-bond donors (Lipinski definition) is 0. The first-order valence-corrected chi connectivity index (χ1v) is 4.99. The minimum absolute atomic E-state index is 0.0320. The minimum atomic E-state index is -2.29. The first kappa shape index (κ1) is 10.7. The molecule has 1 unspecified atom stereocenters. The third-order valence-electron chi connectivity index (χ3n) is 2.45. The summed E-state index contributed by atoms with van der Waals surface area (Å²) in [5.74, 6) is -2.96. The van der Waals surface area contributed by atoms with Gasteiger partial charge in [0, 0.05) is 18.1 Å². The van der Waals surface area contributed by atoms with Gasteiger partial charge >= 0.3 is 0 Å². The van der Waals surface area contributed by atoms with Crippen LogP contribution in [0.1, 0.15) is 12.8 Å². The van der Waals surface area contributed by atoms with E-state index in [0.717, 1.165) is 0 Å². The van der Waals surface area contributed by atoms with E-state index in [1.807, 2.05) is 0 Å². The van der Waals surface area contributed by atoms with Crippen LogP contribution in [-0.4, -0.2) is 17.9 Å². The summed E-state index contributed by atoms with van der Waals surface area (Å²) in [6.07, 6.45) is 1.72. The molecule has 4 heteroatoms. The molecule has 0 amide bonds. The van der Waals surface area contributed by atoms with E-state index in [2.05, 4.69) is 4.99 Å². The molecule has 0 saturated heterocycles. The van der Waals surface area contributed by atoms with Gasteiger partial charge in [0.05, 0.1) is 5.36 Å². The quantitative estimate of drug-likeness (QED) is 0.540. The van der Waals surface area contributed by atoms with E-state index in [4.69, 9.17) is 0 Å². The Kier molecular flexibility index (Phi) is 2.64. The third-order valence-corrected chi connectivity index (χ3v) is 2.45. The van der Waals surface area contributed by atoms with Gasteiger partial charge in [-0.3, -0.25) is 4.79 Å². The molecule has 1 atom stereocenters. The van der Waals surface area contributed by atoms with Crippen molar-refractivity contribution >= 4 is 18.1 Å². The molecular formula is C12H10FNO2. The van der Waals surface area contributed by atoms with Crippen LogP contribution in [0.15, 0.2) is 29.3 Å². The van der Waals surface area contributed by atoms with E-state index in [9.17, 15) is 14.0 Å². The van der Waals surface area contributed by atoms with Crippen molar-refractivity contribution in [3.05, 3.63) is 34.8 Å². The molecule has 16 heavy (non-hydrogen) atoms. The summed E-state index contributed by atoms with van der Waals surface area (Å²) >= 11 is 0. The van der Waals surface area contributed by atoms with Crippen LogP contribution in [0, 0.1) is 0 Å². The number of rotatable bonds is 4. The van der Waals surface area contributed by atoms with Gasteiger partial charge in [-0.05, 0) is 12.1 Å². The summed E-state index contributed by atoms with van der Waals surface area (Å²) in [6, 6.07) is 6.84. The van der Waals surface area contributed by atoms with E-state index in [0.29, 0.717) is 16.9 Å². The molecule has 0 spiro atoms. The number of carbonyl (C=O) groups is 2. The SMILES string of the molecule is O=CCCC(=O)C1(F)C=c2ccccc2=N1. The summed E-state index contributed by atoms with van der Waals surface area (Å²) < 4.78 is 14.1. The lowest BCUT2D eigenvalue weighted by atomic mass is 10.1. The first-order chi connectivity index (χ1) is 7.65. The monoisotopic (exact) mass is 219 g/mol. The lowest BCUT2D eigenvalue weighted by Gasteiger charge is -2.10. The highest BCUT2D eigenvalue weighted by Crippen LogP contribution is 2.20. The van der Waals surface area contributed by atoms with E-state index >= 15 is 0 Å². The number of benzene rings is 1. The molecule has 0 aromatic heterocycles. The predicted molar refractivity (Wildman–Crippen MR) is 55.8 cm³/mol. The van der Waals surface area contributed by atoms with Crippen LogP contribution >= 0.6 is 0 Å². The highest BCUT2D eigenvalue weighted by atomic mass is 19.1. The Morgan fingerprint density at radius 3 is 2.88 bits per heavy atom. The van der Waals surface area contributed by atoms with Gasteiger partial charge in [0.15, 0.2) is 5.78 Å². The van der Waals surface area contributed by atoms with Crippen LogP contribution in [0.3, 0.4) is 0 Å². The molecule has 0 radical (unpaired) electrons. The Hall–Kier alpha value is -1.84. The smallest absolute Gasteiger partial charge is 0.278 e. The number of ketones is 1. The zero-order chi connectivity index (χ0) is 11.6. The van der Waals surface area contributed by atoms with Gasteiger partial charge in [0.1, 0.15) is 6.29 Å². The van der Waals surface area contributed by atoms with E-state index < -0.39 is 11.6 Å². The van der Waals surface area contributed by atoms with E-state index in [1.54, 1.807) is 24.3 Å². The number of halogens is 1. The van der Waals surface area contributed by atoms with Crippen LogP contribution in [0.5, 0.6) is 0 Å². The topological polar surface area (TPSA) is 46.5 Å². The van der Waals surface area contributed by atoms with Gasteiger partial charge < -0.3 is 4.79 Å². The number of hydrogen-bond acceptors (Lipinski definition) is 3. The Morgan fingerprint density at radius 1 is 1.44 bits per heavy atom. The van der Waals surface area contributed by atoms with Gasteiger partial charge in [0.2, 0.25) is 0 Å². The fourth-order valence-electron chi connectivity index (χ4n) is 1.63. The molecule has 82 valence electrons. The van der Waals surface area contributed by atoms with Gasteiger partial charge in [-0.25, -0.2) is 9.38 Å². The molecule has 0 aliphatic carbocycles. The van der Waals surface area contributed by atoms with Gasteiger partial charge in [0.25, 0.3) is 5.79 Å². The summed E-state index contributed by atoms with van der Waals surface area (Å²) in [5, 5.41) is 1.09. The number of fused-ring (bicyclic) bond motifs is 1. The van der Waals surface area contributed by atoms with Crippen molar-refractivity contribution in [1.82, 2.24) is 0 Å². The summed E-state index contributed by atoms with van der Waals surface area (Å²) in [7, 11) is 0. The number of para-hydroxylation sites is 1. The molecule has 0 fully saturated rings. The van der Waals surface area contributed by atoms with Gasteiger partial charge in [-0.15, -0.1) is 0 Å². The maximum absolute atomic E-state index is 14.1. The van der Waals surface area contributed by atoms with Crippen LogP contribution in [0.4, 0.5) is 4.39 Å². The third kappa shape index (κ3) is 1.78. The van der Waals surface area contributed by atoms with E-state index in [-0.39, 0.29) is 12.8 Å². The van der Waals surface area contributed by atoms with Crippen LogP contribution in [0.25, 0.3) is 6.08 Å². The van der Waals surface area contributed by atoms with E-state index in [1.165, 1.54) is 6.08 Å². The standard InChI is InChI=1S/C12H10FNO2/c13-12(11(16)6-3-7-15)8-9-4-1-2-5-10(9)14-12/h1-2,4-5,7-8H,3,6H2. The maximum Gasteiger partial charge on any atom is 0.278 e. The molecule has 0 N–H and O–H groups in total. The molecule has 3 nitrogen and oxygen atoms in total. The summed E-state index contributed by atoms with van der Waals surface area (Å²) in [5.41, 5.74) is 0. The summed E-state index contributed by atoms with van der Waals surface area (Å²) in [4.78, 5) is 25.4. The van der Waals surface area contributed by atoms with Crippen molar-refractivity contribution in [3.63, 3.8) is 0 Å². The van der Waals surface area contributed by atoms with Crippen molar-refractivity contribution < 1.29 is 14.0 Å². The van der Waals surface area contributed by atoms with Crippen molar-refractivity contribution in [3.8, 4) is 0 Å². The number of aldehydes is 1. The van der Waals surface area contributed by atoms with Crippen molar-refractivity contribution in [2.75, 3.05) is 0 Å². The molecular weight excluding hydrogens is 209 g/mol. The lowest BCUT2D eigenvalue weighted by molar-refractivity contribution is -0.127. The predicted octanol–water partition coefficient (Wildman–Crippen LogP) is 0.314. The largest absolute Gasteiger partial charge is 0.303 e. The van der Waals surface area contributed by atoms with Gasteiger partial charge in [-0.2, -0.15) is 0 Å². The number of Topliss-reactive ketones (excluding diaryl/α,β-unsaturated/α-hetero) is 1. The van der Waals surface area contributed by atoms with Crippen molar-refractivity contribution in [2.24, 2.45) is 4.99 Å². The molecule has 2 rings (SSSR count). The molecule has 1 aromatic rings. The number of alkyl halides is 1. The zero-order valence-corrected chi connectivity index (χ0v) is 8.52. The molecule has 1 heterocycles. The minimum Gasteiger partial charge on any atom is -0.303 e. The molecule has 0 bridgehead atoms. The van der Waals surface area contributed by atoms with Crippen LogP contribution < -0.4 is 10.6 Å². The average molecular weight is 219 g/mol. The first-order valence-electron chi connectivity index (χ1n) is 4.99. The highest BCUT2D eigenvalue weighted by molar-refractivity contribution is 5.94. The number of carbonyl (C=O) groups excluding carboxylic acids is 2. The fraction of sp³-hybridized carbons (Fsp3) is 0.250. The lowest BCUT2D eigenvalue weighted by Crippen LogP contribution is -2.28. The van der Waals surface area contributed by atoms with Crippen LogP contribution in [-0.2, 0) is 9.59 Å². The second-order valence-electron chi connectivity index (χ2n) is 3.62. The van der Waals surface area contributed by atoms with Crippen molar-refractivity contribution in [1.29, 1.82) is 0 Å². The molecule has 1 aromatic carbocycles. The highest BCUT2D eigenvalue weighted by Gasteiger charge is 2.36. The second kappa shape index (κ2) is 3.96. The Labute approximate surface area is 91.3 Å². The zero-order valence-electron chi connectivity index (χ0n) is 8.52. The molecule has 0 saturated carbocycles. The maximum atomic E-state index is 14.1. The van der Waals surface area contributed by atoms with Gasteiger partial charge in [-0.1, -0.05) is 18.2 Å².